The highest BCUT2D eigenvalue weighted by atomic mass is 16.5. The molecule has 0 radical (unpaired) electrons. The fourth-order valence-corrected chi connectivity index (χ4v) is 2.78. The van der Waals surface area contributed by atoms with Crippen LogP contribution in [0.2, 0.25) is 0 Å². The van der Waals surface area contributed by atoms with Crippen LogP contribution in [0, 0.1) is 0 Å². The van der Waals surface area contributed by atoms with Crippen LogP contribution in [0.15, 0.2) is 54.6 Å². The molecule has 0 saturated heterocycles. The van der Waals surface area contributed by atoms with E-state index in [2.05, 4.69) is 16.2 Å². The summed E-state index contributed by atoms with van der Waals surface area (Å²) in [5.74, 6) is -0.447. The highest BCUT2D eigenvalue weighted by Crippen LogP contribution is 2.31. The molecule has 3 N–H and O–H groups in total. The molecule has 0 saturated carbocycles. The van der Waals surface area contributed by atoms with Crippen molar-refractivity contribution in [2.45, 2.75) is 19.4 Å². The van der Waals surface area contributed by atoms with Crippen molar-refractivity contribution in [3.8, 4) is 5.75 Å². The lowest BCUT2D eigenvalue weighted by atomic mass is 10.2. The van der Waals surface area contributed by atoms with Crippen molar-refractivity contribution in [3.63, 3.8) is 0 Å². The number of nitrogens with one attached hydrogen (secondary N) is 3. The maximum atomic E-state index is 12.4. The largest absolute Gasteiger partial charge is 0.482 e. The van der Waals surface area contributed by atoms with Gasteiger partial charge in [0.25, 0.3) is 11.8 Å². The number of carbonyl (C=O) groups excluding carboxylic acids is 3. The Morgan fingerprint density at radius 2 is 1.82 bits per heavy atom. The molecular weight excluding hydrogens is 360 g/mol. The Balaban J connectivity index is 1.56. The van der Waals surface area contributed by atoms with Crippen LogP contribution in [0.3, 0.4) is 0 Å². The standard InChI is InChI=1S/C20H22N4O4/c1-2-15(20(27)21-14-8-4-3-5-9-14)22-23-18(25)12-24-16-10-6-7-11-17(16)28-13-19(24)26/h3-11,15,22H,2,12-13H2,1H3,(H,21,27)(H,23,25)/t15-/m0/s1. The first-order valence-corrected chi connectivity index (χ1v) is 9.01. The Hall–Kier alpha value is -3.39. The maximum Gasteiger partial charge on any atom is 0.265 e. The SMILES string of the molecule is CC[C@H](NNC(=O)CN1C(=O)COc2ccccc21)C(=O)Nc1ccccc1. The smallest absolute Gasteiger partial charge is 0.265 e. The highest BCUT2D eigenvalue weighted by Gasteiger charge is 2.27. The van der Waals surface area contributed by atoms with Crippen LogP contribution in [0.25, 0.3) is 0 Å². The van der Waals surface area contributed by atoms with Crippen LogP contribution in [0.5, 0.6) is 5.75 Å². The average Bonchev–Trinajstić information content (AvgIpc) is 2.71. The van der Waals surface area contributed by atoms with Gasteiger partial charge in [-0.2, -0.15) is 0 Å². The van der Waals surface area contributed by atoms with Gasteiger partial charge in [-0.1, -0.05) is 37.3 Å². The third kappa shape index (κ3) is 4.66. The molecule has 146 valence electrons. The summed E-state index contributed by atoms with van der Waals surface area (Å²) in [7, 11) is 0. The van der Waals surface area contributed by atoms with E-state index in [4.69, 9.17) is 4.74 Å². The Kier molecular flexibility index (Phi) is 6.23. The zero-order valence-electron chi connectivity index (χ0n) is 15.5. The average molecular weight is 382 g/mol. The topological polar surface area (TPSA) is 99.8 Å². The second-order valence-electron chi connectivity index (χ2n) is 6.24. The predicted octanol–water partition coefficient (Wildman–Crippen LogP) is 1.45. The molecule has 28 heavy (non-hydrogen) atoms. The molecular formula is C20H22N4O4. The second kappa shape index (κ2) is 9.01. The minimum Gasteiger partial charge on any atom is -0.482 e. The number of rotatable bonds is 7. The fraction of sp³-hybridized carbons (Fsp3) is 0.250. The van der Waals surface area contributed by atoms with Crippen LogP contribution in [-0.4, -0.2) is 36.9 Å². The number of benzene rings is 2. The minimum absolute atomic E-state index is 0.116. The van der Waals surface area contributed by atoms with Crippen molar-refractivity contribution in [2.24, 2.45) is 0 Å². The summed E-state index contributed by atoms with van der Waals surface area (Å²) in [6.07, 6.45) is 0.471. The molecule has 0 unspecified atom stereocenters. The molecule has 8 heteroatoms. The molecule has 0 spiro atoms. The van der Waals surface area contributed by atoms with E-state index in [0.29, 0.717) is 23.5 Å². The van der Waals surface area contributed by atoms with Crippen molar-refractivity contribution in [1.29, 1.82) is 0 Å². The number of para-hydroxylation sites is 3. The van der Waals surface area contributed by atoms with Gasteiger partial charge in [-0.3, -0.25) is 24.7 Å². The number of carbonyl (C=O) groups is 3. The van der Waals surface area contributed by atoms with E-state index in [1.54, 1.807) is 36.4 Å². The van der Waals surface area contributed by atoms with Crippen molar-refractivity contribution in [3.05, 3.63) is 54.6 Å². The predicted molar refractivity (Wildman–Crippen MR) is 105 cm³/mol. The summed E-state index contributed by atoms with van der Waals surface area (Å²) in [5.41, 5.74) is 6.47. The first-order valence-electron chi connectivity index (χ1n) is 9.01. The lowest BCUT2D eigenvalue weighted by Gasteiger charge is -2.29. The van der Waals surface area contributed by atoms with Gasteiger partial charge in [0, 0.05) is 5.69 Å². The van der Waals surface area contributed by atoms with Gasteiger partial charge in [0.05, 0.1) is 5.69 Å². The van der Waals surface area contributed by atoms with Crippen molar-refractivity contribution in [1.82, 2.24) is 10.9 Å². The lowest BCUT2D eigenvalue weighted by Crippen LogP contribution is -2.53. The van der Waals surface area contributed by atoms with Crippen molar-refractivity contribution in [2.75, 3.05) is 23.4 Å². The fourth-order valence-electron chi connectivity index (χ4n) is 2.78. The van der Waals surface area contributed by atoms with Crippen molar-refractivity contribution >= 4 is 29.1 Å². The van der Waals surface area contributed by atoms with E-state index in [-0.39, 0.29) is 25.0 Å². The number of fused-ring (bicyclic) bond motifs is 1. The second-order valence-corrected chi connectivity index (χ2v) is 6.24. The summed E-state index contributed by atoms with van der Waals surface area (Å²) >= 11 is 0. The van der Waals surface area contributed by atoms with Crippen LogP contribution in [-0.2, 0) is 14.4 Å². The van der Waals surface area contributed by atoms with Gasteiger partial charge < -0.3 is 10.1 Å². The van der Waals surface area contributed by atoms with Crippen LogP contribution in [0.1, 0.15) is 13.3 Å². The molecule has 3 amide bonds. The molecule has 0 bridgehead atoms. The van der Waals surface area contributed by atoms with E-state index >= 15 is 0 Å². The molecule has 8 nitrogen and oxygen atoms in total. The number of anilines is 2. The number of hydrazine groups is 1. The Bertz CT molecular complexity index is 856. The molecule has 1 aliphatic heterocycles. The summed E-state index contributed by atoms with van der Waals surface area (Å²) in [4.78, 5) is 38.2. The summed E-state index contributed by atoms with van der Waals surface area (Å²) < 4.78 is 5.36. The van der Waals surface area contributed by atoms with Gasteiger partial charge in [0.15, 0.2) is 6.61 Å². The minimum atomic E-state index is -0.614. The molecule has 1 heterocycles. The van der Waals surface area contributed by atoms with Gasteiger partial charge in [-0.15, -0.1) is 0 Å². The van der Waals surface area contributed by atoms with E-state index in [1.165, 1.54) is 4.90 Å². The molecule has 0 aliphatic carbocycles. The highest BCUT2D eigenvalue weighted by molar-refractivity contribution is 6.02. The van der Waals surface area contributed by atoms with Crippen LogP contribution >= 0.6 is 0 Å². The van der Waals surface area contributed by atoms with Crippen molar-refractivity contribution < 1.29 is 19.1 Å². The Morgan fingerprint density at radius 1 is 1.11 bits per heavy atom. The summed E-state index contributed by atoms with van der Waals surface area (Å²) in [5, 5.41) is 2.78. The van der Waals surface area contributed by atoms with E-state index < -0.39 is 11.9 Å². The lowest BCUT2D eigenvalue weighted by molar-refractivity contribution is -0.126. The van der Waals surface area contributed by atoms with E-state index in [1.807, 2.05) is 25.1 Å². The quantitative estimate of drug-likeness (QED) is 0.630. The third-order valence-corrected chi connectivity index (χ3v) is 4.26. The zero-order chi connectivity index (χ0) is 19.9. The molecule has 2 aromatic rings. The van der Waals surface area contributed by atoms with Gasteiger partial charge in [-0.25, -0.2) is 5.43 Å². The van der Waals surface area contributed by atoms with Gasteiger partial charge in [0.2, 0.25) is 5.91 Å². The molecule has 0 aromatic heterocycles. The maximum absolute atomic E-state index is 12.4. The summed E-state index contributed by atoms with van der Waals surface area (Å²) in [6.45, 7) is 1.54. The molecule has 0 fully saturated rings. The monoisotopic (exact) mass is 382 g/mol. The number of ether oxygens (including phenoxy) is 1. The summed E-state index contributed by atoms with van der Waals surface area (Å²) in [6, 6.07) is 15.5. The van der Waals surface area contributed by atoms with Gasteiger partial charge in [0.1, 0.15) is 18.3 Å². The molecule has 3 rings (SSSR count). The first-order chi connectivity index (χ1) is 13.6. The molecule has 2 aromatic carbocycles. The van der Waals surface area contributed by atoms with Gasteiger partial charge >= 0.3 is 0 Å². The number of hydrogen-bond donors (Lipinski definition) is 3. The van der Waals surface area contributed by atoms with E-state index in [9.17, 15) is 14.4 Å². The number of nitrogens with zero attached hydrogens (tertiary/aromatic N) is 1. The number of hydrogen-bond acceptors (Lipinski definition) is 5. The normalized spacial score (nSPS) is 13.9. The third-order valence-electron chi connectivity index (χ3n) is 4.26. The van der Waals surface area contributed by atoms with Crippen LogP contribution < -0.4 is 25.8 Å². The van der Waals surface area contributed by atoms with Crippen LogP contribution in [0.4, 0.5) is 11.4 Å². The first kappa shape index (κ1) is 19.4. The Labute approximate surface area is 162 Å². The molecule has 1 atom stereocenters. The van der Waals surface area contributed by atoms with Gasteiger partial charge in [-0.05, 0) is 30.7 Å². The Morgan fingerprint density at radius 3 is 2.57 bits per heavy atom. The van der Waals surface area contributed by atoms with E-state index in [0.717, 1.165) is 0 Å². The number of amides is 3. The zero-order valence-corrected chi connectivity index (χ0v) is 15.5. The molecule has 1 aliphatic rings.